The van der Waals surface area contributed by atoms with Gasteiger partial charge in [0.2, 0.25) is 5.78 Å². The number of ether oxygens (including phenoxy) is 1. The van der Waals surface area contributed by atoms with Crippen LogP contribution in [0.2, 0.25) is 0 Å². The van der Waals surface area contributed by atoms with Crippen LogP contribution in [0.3, 0.4) is 0 Å². The first-order valence-electron chi connectivity index (χ1n) is 12.1. The number of nitrogens with one attached hydrogen (secondary N) is 2. The minimum atomic E-state index is -4.86. The third-order valence-corrected chi connectivity index (χ3v) is 6.67. The van der Waals surface area contributed by atoms with Crippen LogP contribution in [0.4, 0.5) is 24.5 Å². The number of benzene rings is 4. The first-order valence-corrected chi connectivity index (χ1v) is 12.1. The number of hydrogen-bond acceptors (Lipinski definition) is 7. The minimum absolute atomic E-state index is 0.0380. The predicted octanol–water partition coefficient (Wildman–Crippen LogP) is 4.18. The van der Waals surface area contributed by atoms with Gasteiger partial charge in [-0.2, -0.15) is 18.4 Å². The van der Waals surface area contributed by atoms with Gasteiger partial charge in [-0.3, -0.25) is 14.4 Å². The number of esters is 1. The van der Waals surface area contributed by atoms with Crippen LogP contribution in [0.15, 0.2) is 84.9 Å². The van der Waals surface area contributed by atoms with Crippen LogP contribution in [-0.4, -0.2) is 28.7 Å². The van der Waals surface area contributed by atoms with Crippen molar-refractivity contribution in [1.82, 2.24) is 0 Å². The fraction of sp³-hybridized carbons (Fsp3) is 0.103. The Morgan fingerprint density at radius 2 is 1.61 bits per heavy atom. The molecule has 4 aromatic carbocycles. The highest BCUT2D eigenvalue weighted by Gasteiger charge is 2.46. The van der Waals surface area contributed by atoms with Crippen LogP contribution >= 0.6 is 0 Å². The zero-order valence-electron chi connectivity index (χ0n) is 20.8. The summed E-state index contributed by atoms with van der Waals surface area (Å²) in [4.78, 5) is 53.1. The number of fused-ring (bicyclic) bond motifs is 2. The summed E-state index contributed by atoms with van der Waals surface area (Å²) < 4.78 is 44.7. The van der Waals surface area contributed by atoms with Crippen molar-refractivity contribution in [2.24, 2.45) is 5.92 Å². The number of anilines is 1. The van der Waals surface area contributed by atoms with Crippen molar-refractivity contribution in [2.75, 3.05) is 5.32 Å². The summed E-state index contributed by atoms with van der Waals surface area (Å²) in [5.41, 5.74) is -2.47. The van der Waals surface area contributed by atoms with Gasteiger partial charge in [-0.15, -0.1) is 0 Å². The van der Waals surface area contributed by atoms with Crippen LogP contribution in [0, 0.1) is 11.1 Å². The first-order chi connectivity index (χ1) is 19.5. The molecule has 3 atom stereocenters. The molecule has 0 fully saturated rings. The van der Waals surface area contributed by atoms with Crippen molar-refractivity contribution in [3.05, 3.63) is 112 Å². The standard InChI is InChI=1S/C29H19F3N2O7/c30-29(31,32)18-11-12-21(22(14-18)34(39)40)33-27(37)25(36)23(26-19-7-3-4-8-20(19)28(38)41-26)24(35)17-10-9-15-5-1-2-6-16(15)13-17/h1-14,23,26,34,39H,(H,33,37). The van der Waals surface area contributed by atoms with Gasteiger partial charge in [-0.25, -0.2) is 10.0 Å². The van der Waals surface area contributed by atoms with Gasteiger partial charge in [0.1, 0.15) is 17.7 Å². The van der Waals surface area contributed by atoms with E-state index >= 15 is 0 Å². The Morgan fingerprint density at radius 1 is 0.927 bits per heavy atom. The summed E-state index contributed by atoms with van der Waals surface area (Å²) in [5, 5.41) is 22.8. The van der Waals surface area contributed by atoms with Gasteiger partial charge >= 0.3 is 12.1 Å². The zero-order chi connectivity index (χ0) is 29.5. The van der Waals surface area contributed by atoms with Gasteiger partial charge in [0.25, 0.3) is 5.91 Å². The lowest BCUT2D eigenvalue weighted by Gasteiger charge is -2.22. The SMILES string of the molecule is O=C(Nc1ccc(C(F)(F)F)cc1[NH+]([O-])O)C(=O)C(C(=O)c1ccc2ccccc2c1)C1OC(=O)c2ccccc21. The van der Waals surface area contributed by atoms with E-state index in [-0.39, 0.29) is 16.7 Å². The molecule has 5 rings (SSSR count). The van der Waals surface area contributed by atoms with Crippen LogP contribution in [0.25, 0.3) is 10.8 Å². The second kappa shape index (κ2) is 10.6. The summed E-state index contributed by atoms with van der Waals surface area (Å²) in [6.45, 7) is 0. The molecule has 41 heavy (non-hydrogen) atoms. The van der Waals surface area contributed by atoms with Crippen molar-refractivity contribution >= 4 is 45.6 Å². The maximum Gasteiger partial charge on any atom is 0.416 e. The van der Waals surface area contributed by atoms with Crippen LogP contribution in [-0.2, 0) is 20.5 Å². The highest BCUT2D eigenvalue weighted by Crippen LogP contribution is 2.39. The van der Waals surface area contributed by atoms with E-state index in [2.05, 4.69) is 0 Å². The molecule has 9 nitrogen and oxygen atoms in total. The van der Waals surface area contributed by atoms with E-state index < -0.39 is 63.8 Å². The summed E-state index contributed by atoms with van der Waals surface area (Å²) in [7, 11) is 0. The molecule has 3 unspecified atom stereocenters. The largest absolute Gasteiger partial charge is 0.595 e. The third-order valence-electron chi connectivity index (χ3n) is 6.67. The molecule has 12 heteroatoms. The lowest BCUT2D eigenvalue weighted by Crippen LogP contribution is -2.99. The number of rotatable bonds is 7. The fourth-order valence-electron chi connectivity index (χ4n) is 4.67. The van der Waals surface area contributed by atoms with E-state index in [0.717, 1.165) is 5.39 Å². The van der Waals surface area contributed by atoms with E-state index in [1.54, 1.807) is 42.5 Å². The Bertz CT molecular complexity index is 1720. The summed E-state index contributed by atoms with van der Waals surface area (Å²) in [6.07, 6.45) is -6.35. The van der Waals surface area contributed by atoms with Crippen molar-refractivity contribution in [2.45, 2.75) is 12.3 Å². The Morgan fingerprint density at radius 3 is 2.32 bits per heavy atom. The topological polar surface area (TPSA) is 137 Å². The number of carbonyl (C=O) groups excluding carboxylic acids is 4. The van der Waals surface area contributed by atoms with Crippen LogP contribution in [0.5, 0.6) is 0 Å². The number of Topliss-reactive ketones (excluding diaryl/α,β-unsaturated/α-hetero) is 2. The maximum atomic E-state index is 13.8. The Balaban J connectivity index is 1.53. The molecule has 208 valence electrons. The molecule has 0 spiro atoms. The van der Waals surface area contributed by atoms with Crippen LogP contribution < -0.4 is 10.5 Å². The highest BCUT2D eigenvalue weighted by molar-refractivity contribution is 6.45. The molecule has 1 amide bonds. The molecule has 0 aromatic heterocycles. The lowest BCUT2D eigenvalue weighted by atomic mass is 9.84. The van der Waals surface area contributed by atoms with E-state index in [1.165, 1.54) is 24.3 Å². The van der Waals surface area contributed by atoms with Gasteiger partial charge in [0.15, 0.2) is 11.5 Å². The van der Waals surface area contributed by atoms with E-state index in [0.29, 0.717) is 23.6 Å². The van der Waals surface area contributed by atoms with Crippen molar-refractivity contribution in [1.29, 1.82) is 0 Å². The van der Waals surface area contributed by atoms with E-state index in [9.17, 15) is 42.8 Å². The number of hydrogen-bond donors (Lipinski definition) is 3. The normalized spacial score (nSPS) is 16.0. The average molecular weight is 564 g/mol. The molecule has 0 bridgehead atoms. The predicted molar refractivity (Wildman–Crippen MR) is 137 cm³/mol. The van der Waals surface area contributed by atoms with Gasteiger partial charge in [0.05, 0.1) is 11.1 Å². The van der Waals surface area contributed by atoms with Gasteiger partial charge < -0.3 is 15.3 Å². The number of carbonyl (C=O) groups is 4. The minimum Gasteiger partial charge on any atom is -0.595 e. The molecule has 4 aromatic rings. The Kier molecular flexibility index (Phi) is 7.13. The summed E-state index contributed by atoms with van der Waals surface area (Å²) >= 11 is 0. The van der Waals surface area contributed by atoms with E-state index in [1.807, 2.05) is 5.32 Å². The van der Waals surface area contributed by atoms with Crippen molar-refractivity contribution in [3.8, 4) is 0 Å². The monoisotopic (exact) mass is 564 g/mol. The molecule has 0 aliphatic carbocycles. The third kappa shape index (κ3) is 5.31. The van der Waals surface area contributed by atoms with Crippen LogP contribution in [0.1, 0.15) is 37.9 Å². The number of amides is 1. The number of quaternary nitrogens is 1. The van der Waals surface area contributed by atoms with Gasteiger partial charge in [-0.05, 0) is 35.0 Å². The molecule has 1 heterocycles. The molecular formula is C29H19F3N2O7. The second-order valence-electron chi connectivity index (χ2n) is 9.20. The van der Waals surface area contributed by atoms with E-state index in [4.69, 9.17) is 4.74 Å². The fourth-order valence-corrected chi connectivity index (χ4v) is 4.67. The van der Waals surface area contributed by atoms with Crippen molar-refractivity contribution < 1.29 is 47.5 Å². The number of halogens is 3. The smallest absolute Gasteiger partial charge is 0.416 e. The summed E-state index contributed by atoms with van der Waals surface area (Å²) in [6, 6.07) is 19.2. The Labute approximate surface area is 229 Å². The number of ketones is 2. The molecule has 0 saturated heterocycles. The zero-order valence-corrected chi connectivity index (χ0v) is 20.8. The lowest BCUT2D eigenvalue weighted by molar-refractivity contribution is -0.990. The molecule has 0 saturated carbocycles. The quantitative estimate of drug-likeness (QED) is 0.101. The summed E-state index contributed by atoms with van der Waals surface area (Å²) in [5.74, 6) is -6.41. The number of cyclic esters (lactones) is 1. The molecule has 1 aliphatic heterocycles. The Hall–Kier alpha value is -4.91. The molecule has 3 N–H and O–H groups in total. The van der Waals surface area contributed by atoms with Gasteiger partial charge in [0, 0.05) is 17.2 Å². The highest BCUT2D eigenvalue weighted by atomic mass is 19.4. The molecular weight excluding hydrogens is 545 g/mol. The average Bonchev–Trinajstić information content (AvgIpc) is 3.28. The molecule has 0 radical (unpaired) electrons. The maximum absolute atomic E-state index is 13.8. The second-order valence-corrected chi connectivity index (χ2v) is 9.20. The first kappa shape index (κ1) is 27.6. The molecule has 1 aliphatic rings. The van der Waals surface area contributed by atoms with Gasteiger partial charge in [-0.1, -0.05) is 54.6 Å². The van der Waals surface area contributed by atoms with Crippen molar-refractivity contribution in [3.63, 3.8) is 0 Å². The number of alkyl halides is 3.